The number of aromatic hydroxyl groups is 1. The Balaban J connectivity index is 0.000000327. The second-order valence-electron chi connectivity index (χ2n) is 14.5. The van der Waals surface area contributed by atoms with Crippen molar-refractivity contribution < 1.29 is 57.5 Å². The number of Topliss-reactive ketones (excluding diaryl/α,β-unsaturated/α-hetero) is 2. The van der Waals surface area contributed by atoms with Crippen LogP contribution in [0.2, 0.25) is 0 Å². The molecule has 0 bridgehead atoms. The summed E-state index contributed by atoms with van der Waals surface area (Å²) >= 11 is 0. The van der Waals surface area contributed by atoms with Gasteiger partial charge in [-0.25, -0.2) is 9.97 Å². The first kappa shape index (κ1) is 48.1. The van der Waals surface area contributed by atoms with Gasteiger partial charge in [-0.2, -0.15) is 0 Å². The molecule has 6 atom stereocenters. The monoisotopic (exact) mass is 828 g/mol. The van der Waals surface area contributed by atoms with Gasteiger partial charge in [-0.1, -0.05) is 82.3 Å². The molecule has 14 heteroatoms. The van der Waals surface area contributed by atoms with Gasteiger partial charge in [0.1, 0.15) is 12.2 Å². The molecule has 322 valence electrons. The molecule has 0 aliphatic heterocycles. The number of aromatic nitrogens is 2. The van der Waals surface area contributed by atoms with Gasteiger partial charge in [-0.15, -0.1) is 0 Å². The quantitative estimate of drug-likeness (QED) is 0.0415. The molecular weight excluding hydrogens is 773 g/mol. The highest BCUT2D eigenvalue weighted by Crippen LogP contribution is 2.32. The molecule has 0 spiro atoms. The Bertz CT molecular complexity index is 2070. The standard InChI is InChI=1S/C25H31NO7.C21H25NO5/c1-15-9-7-8-10-20(15)17(3)18(4)33-25(29)16(2)13-21(28)23-24(32-14-31-19(5)27)22(30-6)11-12-26-23;1-13(12-17(23)19-20(24)18(26-4)10-11-22-19)21(25)27-15(3)14(2)16-8-6-5-7-9-16/h7-12,16-18H,13-14H2,1-6H3;5-11,13-15,24H,12H2,1-4H3/t16-,17-,18+;13-,14-,15+/m11/s1. The molecule has 0 saturated carbocycles. The van der Waals surface area contributed by atoms with E-state index in [1.807, 2.05) is 89.2 Å². The van der Waals surface area contributed by atoms with Gasteiger partial charge in [0.05, 0.1) is 26.1 Å². The van der Waals surface area contributed by atoms with Gasteiger partial charge < -0.3 is 33.5 Å². The normalized spacial score (nSPS) is 13.7. The number of hydrogen-bond donors (Lipinski definition) is 1. The fourth-order valence-corrected chi connectivity index (χ4v) is 6.00. The average molecular weight is 829 g/mol. The SMILES string of the molecule is COc1ccnc(C(=O)C[C@@H](C)C(=O)O[C@@H](C)[C@@H](C)c2ccccc2)c1O.COc1ccnc(C(=O)C[C@@H](C)C(=O)O[C@@H](C)[C@@H](C)c2ccccc2C)c1OCOC(C)=O. The zero-order valence-electron chi connectivity index (χ0n) is 35.9. The van der Waals surface area contributed by atoms with Gasteiger partial charge in [-0.05, 0) is 37.5 Å². The number of pyridine rings is 2. The lowest BCUT2D eigenvalue weighted by Crippen LogP contribution is -2.26. The van der Waals surface area contributed by atoms with Crippen molar-refractivity contribution in [2.45, 2.75) is 92.3 Å². The summed E-state index contributed by atoms with van der Waals surface area (Å²) in [5, 5.41) is 10.0. The molecule has 0 aliphatic rings. The summed E-state index contributed by atoms with van der Waals surface area (Å²) in [7, 11) is 2.80. The predicted octanol–water partition coefficient (Wildman–Crippen LogP) is 7.98. The van der Waals surface area contributed by atoms with Crippen LogP contribution in [0.5, 0.6) is 23.0 Å². The van der Waals surface area contributed by atoms with Crippen LogP contribution in [0.25, 0.3) is 0 Å². The maximum absolute atomic E-state index is 12.9. The molecule has 0 amide bonds. The molecule has 2 aromatic heterocycles. The van der Waals surface area contributed by atoms with Crippen LogP contribution in [0.1, 0.15) is 111 Å². The zero-order valence-corrected chi connectivity index (χ0v) is 35.9. The summed E-state index contributed by atoms with van der Waals surface area (Å²) in [5.41, 5.74) is 3.19. The van der Waals surface area contributed by atoms with Crippen LogP contribution in [0.3, 0.4) is 0 Å². The molecular formula is C46H56N2O12. The molecule has 0 fully saturated rings. The molecule has 14 nitrogen and oxygen atoms in total. The second kappa shape index (κ2) is 23.3. The second-order valence-corrected chi connectivity index (χ2v) is 14.5. The Morgan fingerprint density at radius 1 is 0.650 bits per heavy atom. The zero-order chi connectivity index (χ0) is 44.5. The third kappa shape index (κ3) is 13.6. The van der Waals surface area contributed by atoms with Gasteiger partial charge in [0.15, 0.2) is 46.0 Å². The molecule has 60 heavy (non-hydrogen) atoms. The topological polar surface area (TPSA) is 187 Å². The van der Waals surface area contributed by atoms with Crippen LogP contribution >= 0.6 is 0 Å². The lowest BCUT2D eigenvalue weighted by molar-refractivity contribution is -0.154. The Hall–Kier alpha value is -6.31. The molecule has 0 aliphatic carbocycles. The average Bonchev–Trinajstić information content (AvgIpc) is 3.23. The minimum Gasteiger partial charge on any atom is -0.503 e. The minimum atomic E-state index is -0.696. The molecule has 0 unspecified atom stereocenters. The molecule has 4 aromatic rings. The van der Waals surface area contributed by atoms with E-state index in [1.54, 1.807) is 13.8 Å². The van der Waals surface area contributed by atoms with E-state index >= 15 is 0 Å². The molecule has 2 aromatic carbocycles. The third-order valence-electron chi connectivity index (χ3n) is 9.99. The molecule has 0 radical (unpaired) electrons. The van der Waals surface area contributed by atoms with Crippen LogP contribution in [-0.4, -0.2) is 77.8 Å². The van der Waals surface area contributed by atoms with Crippen molar-refractivity contribution in [2.75, 3.05) is 21.0 Å². The number of ketones is 2. The number of esters is 3. The van der Waals surface area contributed by atoms with Crippen LogP contribution < -0.4 is 14.2 Å². The van der Waals surface area contributed by atoms with E-state index in [0.717, 1.165) is 16.7 Å². The number of hydrogen-bond acceptors (Lipinski definition) is 14. The minimum absolute atomic E-state index is 0.000573. The maximum Gasteiger partial charge on any atom is 0.309 e. The van der Waals surface area contributed by atoms with Crippen molar-refractivity contribution in [1.82, 2.24) is 9.97 Å². The Morgan fingerprint density at radius 2 is 1.15 bits per heavy atom. The number of ether oxygens (including phenoxy) is 6. The summed E-state index contributed by atoms with van der Waals surface area (Å²) in [4.78, 5) is 69.4. The third-order valence-corrected chi connectivity index (χ3v) is 9.99. The van der Waals surface area contributed by atoms with Crippen LogP contribution in [0, 0.1) is 18.8 Å². The largest absolute Gasteiger partial charge is 0.503 e. The first-order valence-electron chi connectivity index (χ1n) is 19.6. The van der Waals surface area contributed by atoms with E-state index in [2.05, 4.69) is 9.97 Å². The molecule has 4 rings (SSSR count). The summed E-state index contributed by atoms with van der Waals surface area (Å²) < 4.78 is 31.6. The van der Waals surface area contributed by atoms with Crippen molar-refractivity contribution in [3.8, 4) is 23.0 Å². The number of aryl methyl sites for hydroxylation is 1. The van der Waals surface area contributed by atoms with E-state index in [1.165, 1.54) is 45.7 Å². The van der Waals surface area contributed by atoms with E-state index in [0.29, 0.717) is 0 Å². The van der Waals surface area contributed by atoms with Crippen LogP contribution in [0.15, 0.2) is 79.1 Å². The maximum atomic E-state index is 12.9. The predicted molar refractivity (Wildman–Crippen MR) is 222 cm³/mol. The number of carbonyl (C=O) groups excluding carboxylic acids is 5. The van der Waals surface area contributed by atoms with Gasteiger partial charge in [-0.3, -0.25) is 24.0 Å². The Kier molecular flexibility index (Phi) is 18.7. The summed E-state index contributed by atoms with van der Waals surface area (Å²) in [6.07, 6.45) is 1.83. The molecule has 1 N–H and O–H groups in total. The van der Waals surface area contributed by atoms with Crippen molar-refractivity contribution >= 4 is 29.5 Å². The first-order chi connectivity index (χ1) is 28.5. The van der Waals surface area contributed by atoms with E-state index < -0.39 is 48.1 Å². The van der Waals surface area contributed by atoms with E-state index in [-0.39, 0.29) is 71.3 Å². The Labute approximate surface area is 351 Å². The van der Waals surface area contributed by atoms with Gasteiger partial charge in [0.25, 0.3) is 0 Å². The Morgan fingerprint density at radius 3 is 1.70 bits per heavy atom. The van der Waals surface area contributed by atoms with Gasteiger partial charge in [0, 0.05) is 56.1 Å². The molecule has 2 heterocycles. The van der Waals surface area contributed by atoms with Crippen LogP contribution in [-0.2, 0) is 28.6 Å². The molecule has 0 saturated heterocycles. The fourth-order valence-electron chi connectivity index (χ4n) is 6.00. The number of methoxy groups -OCH3 is 2. The van der Waals surface area contributed by atoms with Crippen molar-refractivity contribution in [3.63, 3.8) is 0 Å². The summed E-state index contributed by atoms with van der Waals surface area (Å²) in [6, 6.07) is 20.7. The number of benzene rings is 2. The van der Waals surface area contributed by atoms with Gasteiger partial charge >= 0.3 is 17.9 Å². The van der Waals surface area contributed by atoms with E-state index in [4.69, 9.17) is 28.4 Å². The van der Waals surface area contributed by atoms with Crippen molar-refractivity contribution in [3.05, 3.63) is 107 Å². The number of nitrogens with zero attached hydrogens (tertiary/aromatic N) is 2. The summed E-state index contributed by atoms with van der Waals surface area (Å²) in [5.74, 6) is -3.50. The highest BCUT2D eigenvalue weighted by molar-refractivity contribution is 6.00. The van der Waals surface area contributed by atoms with Crippen LogP contribution in [0.4, 0.5) is 0 Å². The summed E-state index contributed by atoms with van der Waals surface area (Å²) in [6.45, 7) is 13.8. The highest BCUT2D eigenvalue weighted by atomic mass is 16.7. The highest BCUT2D eigenvalue weighted by Gasteiger charge is 2.29. The fraction of sp³-hybridized carbons (Fsp3) is 0.413. The lowest BCUT2D eigenvalue weighted by atomic mass is 9.92. The van der Waals surface area contributed by atoms with Gasteiger partial charge in [0.2, 0.25) is 6.79 Å². The number of carbonyl (C=O) groups is 5. The first-order valence-corrected chi connectivity index (χ1v) is 19.6. The van der Waals surface area contributed by atoms with Crippen molar-refractivity contribution in [2.24, 2.45) is 11.8 Å². The number of rotatable bonds is 19. The lowest BCUT2D eigenvalue weighted by Gasteiger charge is -2.23. The van der Waals surface area contributed by atoms with Crippen molar-refractivity contribution in [1.29, 1.82) is 0 Å². The smallest absolute Gasteiger partial charge is 0.309 e. The van der Waals surface area contributed by atoms with E-state index in [9.17, 15) is 29.1 Å².